The number of aromatic nitrogens is 2. The Bertz CT molecular complexity index is 908. The molecule has 2 aromatic heterocycles. The Labute approximate surface area is 146 Å². The number of anilines is 3. The molecule has 128 valence electrons. The van der Waals surface area contributed by atoms with Crippen molar-refractivity contribution in [1.29, 1.82) is 0 Å². The van der Waals surface area contributed by atoms with Gasteiger partial charge in [0.25, 0.3) is 5.91 Å². The summed E-state index contributed by atoms with van der Waals surface area (Å²) in [6, 6.07) is 9.31. The number of nitrogens with zero attached hydrogens (tertiary/aromatic N) is 2. The molecule has 0 atom stereocenters. The van der Waals surface area contributed by atoms with E-state index in [1.54, 1.807) is 24.4 Å². The summed E-state index contributed by atoms with van der Waals surface area (Å²) >= 11 is 0. The van der Waals surface area contributed by atoms with Crippen molar-refractivity contribution in [2.24, 2.45) is 0 Å². The van der Waals surface area contributed by atoms with Crippen LogP contribution in [0.1, 0.15) is 32.9 Å². The summed E-state index contributed by atoms with van der Waals surface area (Å²) in [5.41, 5.74) is 5.08. The van der Waals surface area contributed by atoms with Crippen LogP contribution in [0.4, 0.5) is 17.2 Å². The highest BCUT2D eigenvalue weighted by Crippen LogP contribution is 2.23. The molecule has 6 heteroatoms. The maximum Gasteiger partial charge on any atom is 0.274 e. The van der Waals surface area contributed by atoms with E-state index in [9.17, 15) is 4.79 Å². The quantitative estimate of drug-likeness (QED) is 0.742. The van der Waals surface area contributed by atoms with Gasteiger partial charge in [-0.05, 0) is 51.0 Å². The molecule has 0 radical (unpaired) electrons. The molecular weight excluding hydrogens is 316 g/mol. The second-order valence-corrected chi connectivity index (χ2v) is 6.11. The normalized spacial score (nSPS) is 10.6. The van der Waals surface area contributed by atoms with Crippen molar-refractivity contribution in [3.05, 3.63) is 64.7 Å². The van der Waals surface area contributed by atoms with Gasteiger partial charge in [-0.15, -0.1) is 0 Å². The van der Waals surface area contributed by atoms with Crippen molar-refractivity contribution in [2.75, 3.05) is 10.6 Å². The van der Waals surface area contributed by atoms with Crippen LogP contribution in [0, 0.1) is 27.7 Å². The van der Waals surface area contributed by atoms with Gasteiger partial charge in [0.1, 0.15) is 11.5 Å². The molecule has 0 aliphatic carbocycles. The molecule has 3 rings (SSSR count). The number of rotatable bonds is 4. The predicted molar refractivity (Wildman–Crippen MR) is 97.4 cm³/mol. The summed E-state index contributed by atoms with van der Waals surface area (Å²) in [6.07, 6.45) is 1.58. The molecule has 2 heterocycles. The van der Waals surface area contributed by atoms with Crippen LogP contribution in [0.2, 0.25) is 0 Å². The summed E-state index contributed by atoms with van der Waals surface area (Å²) in [7, 11) is 0. The van der Waals surface area contributed by atoms with Crippen LogP contribution in [0.3, 0.4) is 0 Å². The molecule has 1 aromatic carbocycles. The number of aryl methyl sites for hydroxylation is 4. The van der Waals surface area contributed by atoms with Gasteiger partial charge < -0.3 is 15.2 Å². The molecule has 0 unspecified atom stereocenters. The van der Waals surface area contributed by atoms with E-state index < -0.39 is 0 Å². The summed E-state index contributed by atoms with van der Waals surface area (Å²) in [5.74, 6) is 1.04. The summed E-state index contributed by atoms with van der Waals surface area (Å²) in [6.45, 7) is 7.81. The summed E-state index contributed by atoms with van der Waals surface area (Å²) in [5, 5.41) is 9.92. The minimum absolute atomic E-state index is 0.255. The molecule has 25 heavy (non-hydrogen) atoms. The van der Waals surface area contributed by atoms with Crippen LogP contribution in [0.5, 0.6) is 0 Å². The third-order valence-electron chi connectivity index (χ3n) is 3.81. The Morgan fingerprint density at radius 1 is 1.04 bits per heavy atom. The van der Waals surface area contributed by atoms with Crippen LogP contribution in [-0.4, -0.2) is 16.0 Å². The average molecular weight is 336 g/mol. The molecule has 3 aromatic rings. The molecule has 0 fully saturated rings. The molecule has 0 saturated carbocycles. The van der Waals surface area contributed by atoms with Gasteiger partial charge in [0.2, 0.25) is 0 Å². The van der Waals surface area contributed by atoms with Crippen molar-refractivity contribution < 1.29 is 9.32 Å². The molecule has 0 aliphatic rings. The fourth-order valence-corrected chi connectivity index (χ4v) is 2.76. The van der Waals surface area contributed by atoms with Crippen molar-refractivity contribution in [2.45, 2.75) is 27.7 Å². The van der Waals surface area contributed by atoms with Gasteiger partial charge in [-0.25, -0.2) is 0 Å². The van der Waals surface area contributed by atoms with E-state index in [2.05, 4.69) is 20.8 Å². The number of pyridine rings is 1. The molecule has 0 saturated heterocycles. The topological polar surface area (TPSA) is 80.0 Å². The van der Waals surface area contributed by atoms with Gasteiger partial charge in [-0.2, -0.15) is 0 Å². The van der Waals surface area contributed by atoms with E-state index in [1.807, 2.05) is 39.8 Å². The predicted octanol–water partition coefficient (Wildman–Crippen LogP) is 4.30. The van der Waals surface area contributed by atoms with Crippen molar-refractivity contribution in [1.82, 2.24) is 10.1 Å². The smallest absolute Gasteiger partial charge is 0.274 e. The average Bonchev–Trinajstić information content (AvgIpc) is 2.96. The lowest BCUT2D eigenvalue weighted by Crippen LogP contribution is -2.15. The standard InChI is InChI=1S/C19H20N4O2/c1-11-7-12(2)18(13(3)8-11)22-19(24)16-10-15(5-6-20-16)21-17-9-14(4)25-23-17/h5-10H,1-4H3,(H,22,24)(H,20,21,23). The Morgan fingerprint density at radius 2 is 1.76 bits per heavy atom. The highest BCUT2D eigenvalue weighted by atomic mass is 16.5. The Morgan fingerprint density at radius 3 is 2.40 bits per heavy atom. The number of hydrogen-bond donors (Lipinski definition) is 2. The Balaban J connectivity index is 1.80. The number of carbonyl (C=O) groups is 1. The van der Waals surface area contributed by atoms with E-state index in [1.165, 1.54) is 5.56 Å². The van der Waals surface area contributed by atoms with Crippen molar-refractivity contribution in [3.63, 3.8) is 0 Å². The van der Waals surface area contributed by atoms with Crippen molar-refractivity contribution >= 4 is 23.1 Å². The molecular formula is C19H20N4O2. The van der Waals surface area contributed by atoms with Crippen LogP contribution in [-0.2, 0) is 0 Å². The zero-order valence-electron chi connectivity index (χ0n) is 14.7. The summed E-state index contributed by atoms with van der Waals surface area (Å²) in [4.78, 5) is 16.7. The fraction of sp³-hybridized carbons (Fsp3) is 0.211. The van der Waals surface area contributed by atoms with Crippen LogP contribution in [0.15, 0.2) is 41.1 Å². The molecule has 2 N–H and O–H groups in total. The molecule has 0 bridgehead atoms. The number of carbonyl (C=O) groups excluding carboxylic acids is 1. The first kappa shape index (κ1) is 16.7. The Kier molecular flexibility index (Phi) is 4.52. The third kappa shape index (κ3) is 3.85. The molecule has 6 nitrogen and oxygen atoms in total. The Hall–Kier alpha value is -3.15. The first-order valence-corrected chi connectivity index (χ1v) is 7.98. The van der Waals surface area contributed by atoms with Gasteiger partial charge in [0.05, 0.1) is 0 Å². The highest BCUT2D eigenvalue weighted by Gasteiger charge is 2.12. The van der Waals surface area contributed by atoms with Gasteiger partial charge in [0, 0.05) is 23.6 Å². The molecule has 0 aliphatic heterocycles. The largest absolute Gasteiger partial charge is 0.360 e. The maximum absolute atomic E-state index is 12.6. The first-order valence-electron chi connectivity index (χ1n) is 7.98. The van der Waals surface area contributed by atoms with Crippen LogP contribution < -0.4 is 10.6 Å². The first-order chi connectivity index (χ1) is 11.9. The van der Waals surface area contributed by atoms with E-state index in [-0.39, 0.29) is 5.91 Å². The van der Waals surface area contributed by atoms with Crippen molar-refractivity contribution in [3.8, 4) is 0 Å². The van der Waals surface area contributed by atoms with E-state index in [0.717, 1.165) is 16.8 Å². The maximum atomic E-state index is 12.6. The second-order valence-electron chi connectivity index (χ2n) is 6.11. The monoisotopic (exact) mass is 336 g/mol. The van der Waals surface area contributed by atoms with Gasteiger partial charge >= 0.3 is 0 Å². The zero-order valence-corrected chi connectivity index (χ0v) is 14.7. The van der Waals surface area contributed by atoms with E-state index >= 15 is 0 Å². The van der Waals surface area contributed by atoms with Gasteiger partial charge in [0.15, 0.2) is 5.82 Å². The van der Waals surface area contributed by atoms with Crippen LogP contribution >= 0.6 is 0 Å². The third-order valence-corrected chi connectivity index (χ3v) is 3.81. The SMILES string of the molecule is Cc1cc(C)c(NC(=O)c2cc(Nc3cc(C)on3)ccn2)c(C)c1. The minimum Gasteiger partial charge on any atom is -0.360 e. The molecule has 0 spiro atoms. The number of hydrogen-bond acceptors (Lipinski definition) is 5. The lowest BCUT2D eigenvalue weighted by molar-refractivity contribution is 0.102. The number of benzene rings is 1. The summed E-state index contributed by atoms with van der Waals surface area (Å²) < 4.78 is 5.02. The lowest BCUT2D eigenvalue weighted by atomic mass is 10.0. The molecule has 1 amide bonds. The second kappa shape index (κ2) is 6.76. The number of amides is 1. The van der Waals surface area contributed by atoms with E-state index in [0.29, 0.717) is 23.0 Å². The van der Waals surface area contributed by atoms with E-state index in [4.69, 9.17) is 4.52 Å². The lowest BCUT2D eigenvalue weighted by Gasteiger charge is -2.13. The number of nitrogens with one attached hydrogen (secondary N) is 2. The van der Waals surface area contributed by atoms with Gasteiger partial charge in [-0.1, -0.05) is 22.9 Å². The zero-order chi connectivity index (χ0) is 18.0. The minimum atomic E-state index is -0.255. The van der Waals surface area contributed by atoms with Crippen LogP contribution in [0.25, 0.3) is 0 Å². The highest BCUT2D eigenvalue weighted by molar-refractivity contribution is 6.04. The fourth-order valence-electron chi connectivity index (χ4n) is 2.76. The van der Waals surface area contributed by atoms with Gasteiger partial charge in [-0.3, -0.25) is 9.78 Å².